The van der Waals surface area contributed by atoms with E-state index in [1.807, 2.05) is 13.2 Å². The SMILES string of the molecule is Cn1cc(C2CCCN2C(=O)/C=C/c2cc(Br)ccc2OC(F)F)cn1. The van der Waals surface area contributed by atoms with Crippen LogP contribution < -0.4 is 4.74 Å². The molecule has 1 atom stereocenters. The standard InChI is InChI=1S/C18H18BrF2N3O2/c1-23-11-13(10-22-23)15-3-2-8-24(15)17(25)7-4-12-9-14(19)5-6-16(12)26-18(20)21/h4-7,9-11,15,18H,2-3,8H2,1H3/b7-4+. The van der Waals surface area contributed by atoms with Gasteiger partial charge >= 0.3 is 6.61 Å². The van der Waals surface area contributed by atoms with Crippen LogP contribution in [-0.4, -0.2) is 33.7 Å². The lowest BCUT2D eigenvalue weighted by molar-refractivity contribution is -0.126. The number of carbonyl (C=O) groups excluding carboxylic acids is 1. The molecule has 0 radical (unpaired) electrons. The van der Waals surface area contributed by atoms with Gasteiger partial charge in [0.05, 0.1) is 12.2 Å². The molecule has 1 amide bonds. The largest absolute Gasteiger partial charge is 0.434 e. The van der Waals surface area contributed by atoms with E-state index in [9.17, 15) is 13.6 Å². The van der Waals surface area contributed by atoms with Gasteiger partial charge in [0, 0.05) is 41.5 Å². The Kier molecular flexibility index (Phi) is 5.70. The minimum Gasteiger partial charge on any atom is -0.434 e. The van der Waals surface area contributed by atoms with Gasteiger partial charge < -0.3 is 9.64 Å². The van der Waals surface area contributed by atoms with E-state index in [4.69, 9.17) is 0 Å². The van der Waals surface area contributed by atoms with Crippen LogP contribution in [0.4, 0.5) is 8.78 Å². The smallest absolute Gasteiger partial charge is 0.387 e. The number of alkyl halides is 2. The van der Waals surface area contributed by atoms with Gasteiger partial charge in [-0.3, -0.25) is 9.48 Å². The van der Waals surface area contributed by atoms with E-state index in [2.05, 4.69) is 25.8 Å². The van der Waals surface area contributed by atoms with Crippen molar-refractivity contribution in [2.45, 2.75) is 25.5 Å². The fourth-order valence-electron chi connectivity index (χ4n) is 3.10. The van der Waals surface area contributed by atoms with Crippen LogP contribution in [0.2, 0.25) is 0 Å². The zero-order valence-electron chi connectivity index (χ0n) is 14.1. The molecule has 8 heteroatoms. The zero-order valence-corrected chi connectivity index (χ0v) is 15.7. The molecular weight excluding hydrogens is 408 g/mol. The van der Waals surface area contributed by atoms with Crippen molar-refractivity contribution in [2.24, 2.45) is 7.05 Å². The summed E-state index contributed by atoms with van der Waals surface area (Å²) in [5.41, 5.74) is 1.40. The van der Waals surface area contributed by atoms with Gasteiger partial charge in [0.1, 0.15) is 5.75 Å². The molecule has 1 aliphatic rings. The quantitative estimate of drug-likeness (QED) is 0.675. The Bertz CT molecular complexity index is 823. The third-order valence-electron chi connectivity index (χ3n) is 4.24. The van der Waals surface area contributed by atoms with Crippen LogP contribution in [0.5, 0.6) is 5.75 Å². The Labute approximate surface area is 158 Å². The molecule has 0 saturated carbocycles. The molecule has 3 rings (SSSR count). The van der Waals surface area contributed by atoms with Gasteiger partial charge in [0.25, 0.3) is 0 Å². The molecule has 0 spiro atoms. The van der Waals surface area contributed by atoms with Crippen LogP contribution in [0.1, 0.15) is 30.0 Å². The first-order valence-electron chi connectivity index (χ1n) is 8.15. The molecule has 1 saturated heterocycles. The van der Waals surface area contributed by atoms with Crippen LogP contribution in [0.15, 0.2) is 41.1 Å². The van der Waals surface area contributed by atoms with Crippen molar-refractivity contribution in [3.05, 3.63) is 52.3 Å². The normalized spacial score (nSPS) is 17.4. The highest BCUT2D eigenvalue weighted by molar-refractivity contribution is 9.10. The molecule has 5 nitrogen and oxygen atoms in total. The number of rotatable bonds is 5. The predicted octanol–water partition coefficient (Wildman–Crippen LogP) is 4.16. The maximum Gasteiger partial charge on any atom is 0.387 e. The number of likely N-dealkylation sites (tertiary alicyclic amines) is 1. The lowest BCUT2D eigenvalue weighted by atomic mass is 10.1. The minimum absolute atomic E-state index is 0.0138. The van der Waals surface area contributed by atoms with Crippen LogP contribution in [0, 0.1) is 0 Å². The summed E-state index contributed by atoms with van der Waals surface area (Å²) < 4.78 is 32.0. The third-order valence-corrected chi connectivity index (χ3v) is 4.73. The van der Waals surface area contributed by atoms with Crippen LogP contribution in [0.3, 0.4) is 0 Å². The van der Waals surface area contributed by atoms with Gasteiger partial charge in [-0.2, -0.15) is 13.9 Å². The zero-order chi connectivity index (χ0) is 18.7. The van der Waals surface area contributed by atoms with Gasteiger partial charge in [0.2, 0.25) is 5.91 Å². The van der Waals surface area contributed by atoms with Gasteiger partial charge in [-0.1, -0.05) is 15.9 Å². The number of hydrogen-bond donors (Lipinski definition) is 0. The molecule has 0 aliphatic carbocycles. The van der Waals surface area contributed by atoms with Gasteiger partial charge in [0.15, 0.2) is 0 Å². The van der Waals surface area contributed by atoms with Crippen molar-refractivity contribution in [1.82, 2.24) is 14.7 Å². The third kappa shape index (κ3) is 4.30. The maximum absolute atomic E-state index is 12.6. The van der Waals surface area contributed by atoms with E-state index in [0.717, 1.165) is 18.4 Å². The van der Waals surface area contributed by atoms with Crippen LogP contribution in [-0.2, 0) is 11.8 Å². The fraction of sp³-hybridized carbons (Fsp3) is 0.333. The number of benzene rings is 1. The maximum atomic E-state index is 12.6. The fourth-order valence-corrected chi connectivity index (χ4v) is 3.48. The number of carbonyl (C=O) groups is 1. The molecule has 2 aromatic rings. The highest BCUT2D eigenvalue weighted by Gasteiger charge is 2.29. The summed E-state index contributed by atoms with van der Waals surface area (Å²) in [6, 6.07) is 4.66. The highest BCUT2D eigenvalue weighted by Crippen LogP contribution is 2.32. The summed E-state index contributed by atoms with van der Waals surface area (Å²) >= 11 is 3.30. The number of hydrogen-bond acceptors (Lipinski definition) is 3. The van der Waals surface area contributed by atoms with Crippen LogP contribution in [0.25, 0.3) is 6.08 Å². The average molecular weight is 426 g/mol. The first kappa shape index (κ1) is 18.6. The van der Waals surface area contributed by atoms with Gasteiger partial charge in [-0.15, -0.1) is 0 Å². The summed E-state index contributed by atoms with van der Waals surface area (Å²) in [6.07, 6.45) is 8.36. The lowest BCUT2D eigenvalue weighted by Crippen LogP contribution is -2.28. The number of aryl methyl sites for hydroxylation is 1. The Morgan fingerprint density at radius 3 is 2.96 bits per heavy atom. The molecule has 1 fully saturated rings. The molecule has 1 unspecified atom stereocenters. The second-order valence-electron chi connectivity index (χ2n) is 6.03. The average Bonchev–Trinajstić information content (AvgIpc) is 3.23. The van der Waals surface area contributed by atoms with Crippen molar-refractivity contribution in [3.8, 4) is 5.75 Å². The molecule has 1 aromatic heterocycles. The first-order valence-corrected chi connectivity index (χ1v) is 8.95. The summed E-state index contributed by atoms with van der Waals surface area (Å²) in [5, 5.41) is 4.17. The van der Waals surface area contributed by atoms with E-state index in [0.29, 0.717) is 16.6 Å². The molecule has 0 N–H and O–H groups in total. The van der Waals surface area contributed by atoms with E-state index < -0.39 is 6.61 Å². The van der Waals surface area contributed by atoms with E-state index >= 15 is 0 Å². The number of halogens is 3. The number of aromatic nitrogens is 2. The van der Waals surface area contributed by atoms with Gasteiger partial charge in [-0.05, 0) is 37.1 Å². The molecular formula is C18H18BrF2N3O2. The second-order valence-corrected chi connectivity index (χ2v) is 6.95. The van der Waals surface area contributed by atoms with E-state index in [1.165, 1.54) is 18.2 Å². The Hall–Kier alpha value is -2.22. The Morgan fingerprint density at radius 1 is 1.46 bits per heavy atom. The summed E-state index contributed by atoms with van der Waals surface area (Å²) in [6.45, 7) is -2.27. The highest BCUT2D eigenvalue weighted by atomic mass is 79.9. The lowest BCUT2D eigenvalue weighted by Gasteiger charge is -2.22. The summed E-state index contributed by atoms with van der Waals surface area (Å²) in [4.78, 5) is 14.4. The predicted molar refractivity (Wildman–Crippen MR) is 96.7 cm³/mol. The van der Waals surface area contributed by atoms with Gasteiger partial charge in [-0.25, -0.2) is 0 Å². The van der Waals surface area contributed by atoms with Crippen molar-refractivity contribution in [3.63, 3.8) is 0 Å². The topological polar surface area (TPSA) is 47.4 Å². The number of nitrogens with zero attached hydrogens (tertiary/aromatic N) is 3. The summed E-state index contributed by atoms with van der Waals surface area (Å²) in [5.74, 6) is -0.142. The van der Waals surface area contributed by atoms with E-state index in [-0.39, 0.29) is 17.7 Å². The van der Waals surface area contributed by atoms with Crippen molar-refractivity contribution in [1.29, 1.82) is 0 Å². The number of ether oxygens (including phenoxy) is 1. The molecule has 26 heavy (non-hydrogen) atoms. The number of amides is 1. The first-order chi connectivity index (χ1) is 12.4. The molecule has 0 bridgehead atoms. The van der Waals surface area contributed by atoms with Crippen LogP contribution >= 0.6 is 15.9 Å². The van der Waals surface area contributed by atoms with Crippen molar-refractivity contribution in [2.75, 3.05) is 6.54 Å². The molecule has 138 valence electrons. The second kappa shape index (κ2) is 7.99. The molecule has 1 aromatic carbocycles. The van der Waals surface area contributed by atoms with Crippen molar-refractivity contribution < 1.29 is 18.3 Å². The Morgan fingerprint density at radius 2 is 2.27 bits per heavy atom. The van der Waals surface area contributed by atoms with E-state index in [1.54, 1.807) is 27.9 Å². The monoisotopic (exact) mass is 425 g/mol. The molecule has 2 heterocycles. The Balaban J connectivity index is 1.78. The van der Waals surface area contributed by atoms with Crippen molar-refractivity contribution >= 4 is 27.9 Å². The molecule has 1 aliphatic heterocycles. The summed E-state index contributed by atoms with van der Waals surface area (Å²) in [7, 11) is 1.84. The minimum atomic E-state index is -2.92.